The van der Waals surface area contributed by atoms with Crippen LogP contribution in [-0.2, 0) is 20.9 Å². The number of amides is 1. The number of carbonyl (C=O) groups excluding carboxylic acids is 2. The fourth-order valence-electron chi connectivity index (χ4n) is 2.14. The molecule has 2 aromatic rings. The van der Waals surface area contributed by atoms with Crippen molar-refractivity contribution in [3.63, 3.8) is 0 Å². The highest BCUT2D eigenvalue weighted by Crippen LogP contribution is 2.09. The Balaban J connectivity index is 2.31. The maximum Gasteiger partial charge on any atom is 0.328 e. The normalized spacial score (nSPS) is 12.0. The average molecular weight is 303 g/mol. The second kappa shape index (κ2) is 6.38. The van der Waals surface area contributed by atoms with Crippen molar-refractivity contribution in [1.82, 2.24) is 14.9 Å². The van der Waals surface area contributed by atoms with E-state index in [0.717, 1.165) is 0 Å². The van der Waals surface area contributed by atoms with Crippen LogP contribution in [0.1, 0.15) is 12.6 Å². The minimum absolute atomic E-state index is 0.190. The highest BCUT2D eigenvalue weighted by Gasteiger charge is 2.17. The molecule has 2 rings (SSSR count). The summed E-state index contributed by atoms with van der Waals surface area (Å²) in [6.07, 6.45) is 0. The first-order chi connectivity index (χ1) is 10.4. The topological polar surface area (TPSA) is 90.3 Å². The van der Waals surface area contributed by atoms with E-state index in [1.807, 2.05) is 6.07 Å². The summed E-state index contributed by atoms with van der Waals surface area (Å²) in [6.45, 7) is 2.92. The van der Waals surface area contributed by atoms with E-state index in [9.17, 15) is 14.4 Å². The van der Waals surface area contributed by atoms with E-state index in [2.05, 4.69) is 15.0 Å². The Morgan fingerprint density at radius 3 is 2.73 bits per heavy atom. The molecule has 0 aliphatic rings. The number of nitrogens with zero attached hydrogens (tertiary/aromatic N) is 2. The minimum Gasteiger partial charge on any atom is -0.467 e. The lowest BCUT2D eigenvalue weighted by atomic mass is 10.2. The van der Waals surface area contributed by atoms with Gasteiger partial charge in [-0.25, -0.2) is 9.78 Å². The maximum atomic E-state index is 12.2. The van der Waals surface area contributed by atoms with Gasteiger partial charge in [0.1, 0.15) is 18.3 Å². The standard InChI is InChI=1S/C15H17N3O4/c1-9-14(20)18(12-7-5-4-6-11(12)16-9)8-13(19)17-10(2)15(21)22-3/h4-7,10H,8H2,1-3H3,(H,17,19)/t10-/m0/s1. The van der Waals surface area contributed by atoms with Crippen LogP contribution >= 0.6 is 0 Å². The third kappa shape index (κ3) is 3.13. The molecule has 0 radical (unpaired) electrons. The van der Waals surface area contributed by atoms with Crippen LogP contribution in [0.3, 0.4) is 0 Å². The van der Waals surface area contributed by atoms with Crippen LogP contribution in [0, 0.1) is 6.92 Å². The zero-order chi connectivity index (χ0) is 16.3. The Hall–Kier alpha value is -2.70. The summed E-state index contributed by atoms with van der Waals surface area (Å²) < 4.78 is 5.89. The van der Waals surface area contributed by atoms with E-state index in [1.165, 1.54) is 18.6 Å². The van der Waals surface area contributed by atoms with Gasteiger partial charge in [-0.05, 0) is 26.0 Å². The van der Waals surface area contributed by atoms with Gasteiger partial charge in [0.2, 0.25) is 5.91 Å². The number of rotatable bonds is 4. The van der Waals surface area contributed by atoms with E-state index in [4.69, 9.17) is 0 Å². The Bertz CT molecular complexity index is 782. The molecule has 1 amide bonds. The Labute approximate surface area is 126 Å². The average Bonchev–Trinajstić information content (AvgIpc) is 2.50. The van der Waals surface area contributed by atoms with Crippen molar-refractivity contribution in [3.8, 4) is 0 Å². The zero-order valence-electron chi connectivity index (χ0n) is 12.6. The van der Waals surface area contributed by atoms with Gasteiger partial charge in [0.05, 0.1) is 18.1 Å². The molecule has 1 atom stereocenters. The second-order valence-corrected chi connectivity index (χ2v) is 4.89. The fraction of sp³-hybridized carbons (Fsp3) is 0.333. The number of aryl methyl sites for hydroxylation is 1. The molecular weight excluding hydrogens is 286 g/mol. The molecule has 116 valence electrons. The number of carbonyl (C=O) groups is 2. The van der Waals surface area contributed by atoms with Gasteiger partial charge in [0, 0.05) is 0 Å². The molecule has 0 unspecified atom stereocenters. The molecule has 0 spiro atoms. The van der Waals surface area contributed by atoms with Crippen LogP contribution in [0.4, 0.5) is 0 Å². The first-order valence-corrected chi connectivity index (χ1v) is 6.77. The van der Waals surface area contributed by atoms with Gasteiger partial charge < -0.3 is 10.1 Å². The number of nitrogens with one attached hydrogen (secondary N) is 1. The van der Waals surface area contributed by atoms with Crippen molar-refractivity contribution in [2.45, 2.75) is 26.4 Å². The third-order valence-electron chi connectivity index (χ3n) is 3.25. The molecule has 7 nitrogen and oxygen atoms in total. The van der Waals surface area contributed by atoms with Gasteiger partial charge in [-0.1, -0.05) is 12.1 Å². The lowest BCUT2D eigenvalue weighted by Gasteiger charge is -2.14. The number of hydrogen-bond donors (Lipinski definition) is 1. The predicted molar refractivity (Wildman–Crippen MR) is 80.4 cm³/mol. The molecule has 1 N–H and O–H groups in total. The summed E-state index contributed by atoms with van der Waals surface area (Å²) >= 11 is 0. The molecule has 1 aromatic carbocycles. The Kier molecular flexibility index (Phi) is 4.55. The SMILES string of the molecule is COC(=O)[C@H](C)NC(=O)Cn1c(=O)c(C)nc2ccccc21. The first-order valence-electron chi connectivity index (χ1n) is 6.77. The van der Waals surface area contributed by atoms with Gasteiger partial charge in [0.15, 0.2) is 0 Å². The number of benzene rings is 1. The van der Waals surface area contributed by atoms with Crippen LogP contribution in [0.25, 0.3) is 11.0 Å². The molecule has 0 fully saturated rings. The van der Waals surface area contributed by atoms with Crippen LogP contribution in [0.15, 0.2) is 29.1 Å². The molecule has 0 aliphatic heterocycles. The zero-order valence-corrected chi connectivity index (χ0v) is 12.6. The highest BCUT2D eigenvalue weighted by molar-refractivity contribution is 5.85. The number of fused-ring (bicyclic) bond motifs is 1. The lowest BCUT2D eigenvalue weighted by Crippen LogP contribution is -2.42. The summed E-state index contributed by atoms with van der Waals surface area (Å²) in [6, 6.07) is 6.29. The summed E-state index contributed by atoms with van der Waals surface area (Å²) in [4.78, 5) is 39.8. The van der Waals surface area contributed by atoms with E-state index in [1.54, 1.807) is 25.1 Å². The second-order valence-electron chi connectivity index (χ2n) is 4.89. The van der Waals surface area contributed by atoms with Crippen LogP contribution in [0.5, 0.6) is 0 Å². The number of methoxy groups -OCH3 is 1. The van der Waals surface area contributed by atoms with Crippen molar-refractivity contribution in [2.24, 2.45) is 0 Å². The Morgan fingerprint density at radius 1 is 1.36 bits per heavy atom. The summed E-state index contributed by atoms with van der Waals surface area (Å²) in [5.74, 6) is -0.993. The van der Waals surface area contributed by atoms with Gasteiger partial charge in [-0.2, -0.15) is 0 Å². The smallest absolute Gasteiger partial charge is 0.328 e. The van der Waals surface area contributed by atoms with Crippen molar-refractivity contribution >= 4 is 22.9 Å². The fourth-order valence-corrected chi connectivity index (χ4v) is 2.14. The van der Waals surface area contributed by atoms with Crippen molar-refractivity contribution in [2.75, 3.05) is 7.11 Å². The lowest BCUT2D eigenvalue weighted by molar-refractivity contribution is -0.144. The molecule has 22 heavy (non-hydrogen) atoms. The third-order valence-corrected chi connectivity index (χ3v) is 3.25. The molecule has 0 bridgehead atoms. The summed E-state index contributed by atoms with van der Waals surface area (Å²) in [5.41, 5.74) is 1.18. The van der Waals surface area contributed by atoms with Gasteiger partial charge in [-0.15, -0.1) is 0 Å². The van der Waals surface area contributed by atoms with E-state index < -0.39 is 17.9 Å². The number of aromatic nitrogens is 2. The molecule has 1 aromatic heterocycles. The van der Waals surface area contributed by atoms with Gasteiger partial charge in [-0.3, -0.25) is 14.2 Å². The highest BCUT2D eigenvalue weighted by atomic mass is 16.5. The quantitative estimate of drug-likeness (QED) is 0.825. The summed E-state index contributed by atoms with van der Waals surface area (Å²) in [7, 11) is 1.25. The van der Waals surface area contributed by atoms with Crippen molar-refractivity contribution in [1.29, 1.82) is 0 Å². The number of para-hydroxylation sites is 2. The largest absolute Gasteiger partial charge is 0.467 e. The predicted octanol–water partition coefficient (Wildman–Crippen LogP) is 0.383. The number of hydrogen-bond acceptors (Lipinski definition) is 5. The van der Waals surface area contributed by atoms with E-state index in [-0.39, 0.29) is 12.1 Å². The molecular formula is C15H17N3O4. The minimum atomic E-state index is -0.776. The molecule has 1 heterocycles. The molecule has 0 saturated carbocycles. The number of esters is 1. The Morgan fingerprint density at radius 2 is 2.05 bits per heavy atom. The van der Waals surface area contributed by atoms with Crippen LogP contribution < -0.4 is 10.9 Å². The van der Waals surface area contributed by atoms with Crippen molar-refractivity contribution < 1.29 is 14.3 Å². The van der Waals surface area contributed by atoms with Crippen molar-refractivity contribution in [3.05, 3.63) is 40.3 Å². The molecule has 0 aliphatic carbocycles. The molecule has 0 saturated heterocycles. The van der Waals surface area contributed by atoms with Crippen LogP contribution in [-0.4, -0.2) is 34.6 Å². The van der Waals surface area contributed by atoms with E-state index in [0.29, 0.717) is 16.7 Å². The maximum absolute atomic E-state index is 12.2. The monoisotopic (exact) mass is 303 g/mol. The first kappa shape index (κ1) is 15.7. The summed E-state index contributed by atoms with van der Waals surface area (Å²) in [5, 5.41) is 2.50. The van der Waals surface area contributed by atoms with Gasteiger partial charge in [0.25, 0.3) is 5.56 Å². The molecule has 7 heteroatoms. The number of ether oxygens (including phenoxy) is 1. The van der Waals surface area contributed by atoms with Crippen LogP contribution in [0.2, 0.25) is 0 Å². The van der Waals surface area contributed by atoms with Gasteiger partial charge >= 0.3 is 5.97 Å². The van der Waals surface area contributed by atoms with E-state index >= 15 is 0 Å².